The van der Waals surface area contributed by atoms with Crippen LogP contribution in [0.25, 0.3) is 11.4 Å². The molecule has 0 amide bonds. The van der Waals surface area contributed by atoms with Crippen molar-refractivity contribution in [2.45, 2.75) is 5.33 Å². The fraction of sp³-hybridized carbons (Fsp3) is 0.111. The number of alkyl halides is 1. The summed E-state index contributed by atoms with van der Waals surface area (Å²) < 4.78 is 5.95. The molecule has 0 radical (unpaired) electrons. The van der Waals surface area contributed by atoms with Crippen molar-refractivity contribution in [2.24, 2.45) is 0 Å². The van der Waals surface area contributed by atoms with Gasteiger partial charge >= 0.3 is 0 Å². The van der Waals surface area contributed by atoms with Crippen LogP contribution in [0.5, 0.6) is 0 Å². The van der Waals surface area contributed by atoms with Crippen LogP contribution in [-0.2, 0) is 5.33 Å². The Hall–Kier alpha value is -0.680. The Labute approximate surface area is 97.8 Å². The minimum atomic E-state index is 0.574. The first-order valence-electron chi connectivity index (χ1n) is 3.94. The molecule has 0 aliphatic carbocycles. The topological polar surface area (TPSA) is 38.9 Å². The fourth-order valence-corrected chi connectivity index (χ4v) is 1.75. The quantitative estimate of drug-likeness (QED) is 0.797. The third-order valence-electron chi connectivity index (χ3n) is 1.70. The molecule has 2 aromatic rings. The Balaban J connectivity index is 2.44. The molecule has 72 valence electrons. The van der Waals surface area contributed by atoms with Gasteiger partial charge < -0.3 is 4.52 Å². The van der Waals surface area contributed by atoms with E-state index in [0.29, 0.717) is 17.0 Å². The summed E-state index contributed by atoms with van der Waals surface area (Å²) in [7, 11) is 0. The molecule has 0 N–H and O–H groups in total. The Morgan fingerprint density at radius 3 is 2.71 bits per heavy atom. The zero-order valence-electron chi connectivity index (χ0n) is 7.08. The highest BCUT2D eigenvalue weighted by molar-refractivity contribution is 9.10. The molecule has 1 aromatic heterocycles. The van der Waals surface area contributed by atoms with Crippen LogP contribution >= 0.6 is 31.9 Å². The van der Waals surface area contributed by atoms with Crippen LogP contribution in [0.1, 0.15) is 5.89 Å². The van der Waals surface area contributed by atoms with Gasteiger partial charge in [-0.05, 0) is 12.1 Å². The normalized spacial score (nSPS) is 10.4. The number of aromatic nitrogens is 2. The third kappa shape index (κ3) is 1.88. The lowest BCUT2D eigenvalue weighted by Crippen LogP contribution is -1.82. The molecular weight excluding hydrogens is 312 g/mol. The molecule has 0 aliphatic heterocycles. The van der Waals surface area contributed by atoms with Crippen LogP contribution in [0.4, 0.5) is 0 Å². The maximum absolute atomic E-state index is 4.99. The summed E-state index contributed by atoms with van der Waals surface area (Å²) in [5.41, 5.74) is 0.934. The maximum Gasteiger partial charge on any atom is 0.237 e. The Kier molecular flexibility index (Phi) is 2.98. The lowest BCUT2D eigenvalue weighted by Gasteiger charge is -1.96. The van der Waals surface area contributed by atoms with Crippen molar-refractivity contribution < 1.29 is 4.52 Å². The molecule has 3 nitrogen and oxygen atoms in total. The highest BCUT2D eigenvalue weighted by Crippen LogP contribution is 2.25. The Bertz CT molecular complexity index is 442. The van der Waals surface area contributed by atoms with Gasteiger partial charge in [0.15, 0.2) is 0 Å². The predicted octanol–water partition coefficient (Wildman–Crippen LogP) is 3.39. The number of hydrogen-bond donors (Lipinski definition) is 0. The number of benzene rings is 1. The molecule has 1 heterocycles. The van der Waals surface area contributed by atoms with E-state index in [-0.39, 0.29) is 0 Å². The van der Waals surface area contributed by atoms with E-state index in [1.165, 1.54) is 0 Å². The van der Waals surface area contributed by atoms with Crippen molar-refractivity contribution in [3.05, 3.63) is 34.6 Å². The average molecular weight is 318 g/mol. The molecule has 5 heteroatoms. The van der Waals surface area contributed by atoms with Gasteiger partial charge in [-0.15, -0.1) is 0 Å². The molecular formula is C9H6Br2N2O. The number of rotatable bonds is 2. The van der Waals surface area contributed by atoms with Gasteiger partial charge in [0.2, 0.25) is 11.7 Å². The smallest absolute Gasteiger partial charge is 0.237 e. The molecule has 0 saturated carbocycles. The maximum atomic E-state index is 4.99. The van der Waals surface area contributed by atoms with Crippen molar-refractivity contribution in [1.29, 1.82) is 0 Å². The van der Waals surface area contributed by atoms with E-state index < -0.39 is 0 Å². The van der Waals surface area contributed by atoms with E-state index in [9.17, 15) is 0 Å². The first-order chi connectivity index (χ1) is 6.81. The molecule has 14 heavy (non-hydrogen) atoms. The second kappa shape index (κ2) is 4.23. The number of hydrogen-bond acceptors (Lipinski definition) is 3. The second-order valence-corrected chi connectivity index (χ2v) is 4.04. The van der Waals surface area contributed by atoms with Gasteiger partial charge in [-0.2, -0.15) is 4.98 Å². The van der Waals surface area contributed by atoms with Crippen LogP contribution in [0.3, 0.4) is 0 Å². The highest BCUT2D eigenvalue weighted by atomic mass is 79.9. The van der Waals surface area contributed by atoms with Crippen LogP contribution < -0.4 is 0 Å². The zero-order chi connectivity index (χ0) is 9.97. The Morgan fingerprint density at radius 2 is 2.07 bits per heavy atom. The van der Waals surface area contributed by atoms with Crippen molar-refractivity contribution >= 4 is 31.9 Å². The largest absolute Gasteiger partial charge is 0.338 e. The summed E-state index contributed by atoms with van der Waals surface area (Å²) in [6.07, 6.45) is 0. The first-order valence-corrected chi connectivity index (χ1v) is 5.86. The van der Waals surface area contributed by atoms with E-state index in [1.54, 1.807) is 0 Å². The molecule has 2 rings (SSSR count). The predicted molar refractivity (Wildman–Crippen MR) is 60.1 cm³/mol. The third-order valence-corrected chi connectivity index (χ3v) is 2.87. The number of halogens is 2. The summed E-state index contributed by atoms with van der Waals surface area (Å²) in [4.78, 5) is 4.21. The lowest BCUT2D eigenvalue weighted by molar-refractivity contribution is 0.392. The standard InChI is InChI=1S/C9H6Br2N2O/c10-5-8-12-9(13-14-8)6-3-1-2-4-7(6)11/h1-4H,5H2. The summed E-state index contributed by atoms with van der Waals surface area (Å²) in [6, 6.07) is 7.76. The van der Waals surface area contributed by atoms with Gasteiger partial charge in [0.05, 0.1) is 5.33 Å². The second-order valence-electron chi connectivity index (χ2n) is 2.63. The summed E-state index contributed by atoms with van der Waals surface area (Å²) in [6.45, 7) is 0. The molecule has 0 aliphatic rings. The lowest BCUT2D eigenvalue weighted by atomic mass is 10.2. The molecule has 1 aromatic carbocycles. The molecule has 0 saturated heterocycles. The molecule has 0 atom stereocenters. The monoisotopic (exact) mass is 316 g/mol. The van der Waals surface area contributed by atoms with Crippen molar-refractivity contribution in [2.75, 3.05) is 0 Å². The van der Waals surface area contributed by atoms with E-state index in [2.05, 4.69) is 42.0 Å². The van der Waals surface area contributed by atoms with E-state index in [4.69, 9.17) is 4.52 Å². The van der Waals surface area contributed by atoms with Crippen LogP contribution in [0, 0.1) is 0 Å². The molecule has 0 spiro atoms. The molecule has 0 bridgehead atoms. The van der Waals surface area contributed by atoms with Crippen molar-refractivity contribution in [3.63, 3.8) is 0 Å². The van der Waals surface area contributed by atoms with Gasteiger partial charge in [-0.1, -0.05) is 49.1 Å². The van der Waals surface area contributed by atoms with E-state index in [1.807, 2.05) is 24.3 Å². The van der Waals surface area contributed by atoms with Gasteiger partial charge in [0.1, 0.15) is 0 Å². The fourth-order valence-electron chi connectivity index (χ4n) is 1.06. The zero-order valence-corrected chi connectivity index (χ0v) is 10.2. The van der Waals surface area contributed by atoms with Crippen LogP contribution in [-0.4, -0.2) is 10.1 Å². The van der Waals surface area contributed by atoms with Gasteiger partial charge in [0, 0.05) is 10.0 Å². The minimum absolute atomic E-state index is 0.574. The summed E-state index contributed by atoms with van der Waals surface area (Å²) >= 11 is 6.68. The van der Waals surface area contributed by atoms with Crippen molar-refractivity contribution in [3.8, 4) is 11.4 Å². The van der Waals surface area contributed by atoms with Crippen molar-refractivity contribution in [1.82, 2.24) is 10.1 Å². The summed E-state index contributed by atoms with van der Waals surface area (Å²) in [5, 5.41) is 4.45. The molecule has 0 unspecified atom stereocenters. The number of nitrogens with zero attached hydrogens (tertiary/aromatic N) is 2. The van der Waals surface area contributed by atoms with Gasteiger partial charge in [-0.3, -0.25) is 0 Å². The first kappa shape index (κ1) is 9.86. The highest BCUT2D eigenvalue weighted by Gasteiger charge is 2.09. The summed E-state index contributed by atoms with van der Waals surface area (Å²) in [5.74, 6) is 1.18. The van der Waals surface area contributed by atoms with Crippen LogP contribution in [0.2, 0.25) is 0 Å². The molecule has 0 fully saturated rings. The van der Waals surface area contributed by atoms with Crippen LogP contribution in [0.15, 0.2) is 33.3 Å². The SMILES string of the molecule is BrCc1nc(-c2ccccc2Br)no1. The minimum Gasteiger partial charge on any atom is -0.338 e. The van der Waals surface area contributed by atoms with E-state index >= 15 is 0 Å². The van der Waals surface area contributed by atoms with E-state index in [0.717, 1.165) is 10.0 Å². The Morgan fingerprint density at radius 1 is 1.29 bits per heavy atom. The average Bonchev–Trinajstić information content (AvgIpc) is 2.67. The van der Waals surface area contributed by atoms with Gasteiger partial charge in [-0.25, -0.2) is 0 Å². The van der Waals surface area contributed by atoms with Gasteiger partial charge in [0.25, 0.3) is 0 Å².